The Bertz CT molecular complexity index is 1670. The molecule has 2 heterocycles. The van der Waals surface area contributed by atoms with E-state index in [-0.39, 0.29) is 17.3 Å². The van der Waals surface area contributed by atoms with Crippen LogP contribution in [0.2, 0.25) is 5.02 Å². The summed E-state index contributed by atoms with van der Waals surface area (Å²) in [7, 11) is 0. The Morgan fingerprint density at radius 2 is 1.41 bits per heavy atom. The second-order valence-corrected chi connectivity index (χ2v) is 11.0. The average Bonchev–Trinajstić information content (AvgIpc) is 3.40. The van der Waals surface area contributed by atoms with E-state index in [1.165, 1.54) is 0 Å². The fourth-order valence-electron chi connectivity index (χ4n) is 6.85. The van der Waals surface area contributed by atoms with E-state index in [1.807, 2.05) is 72.5 Å². The van der Waals surface area contributed by atoms with Crippen molar-refractivity contribution in [1.82, 2.24) is 0 Å². The number of ketones is 3. The highest BCUT2D eigenvalue weighted by molar-refractivity contribution is 6.32. The number of aryl methyl sites for hydroxylation is 1. The Morgan fingerprint density at radius 1 is 0.795 bits per heavy atom. The Labute approximate surface area is 231 Å². The molecule has 1 spiro atoms. The molecule has 1 aliphatic carbocycles. The first-order valence-corrected chi connectivity index (χ1v) is 13.4. The van der Waals surface area contributed by atoms with Crippen LogP contribution in [0.5, 0.6) is 0 Å². The first-order chi connectivity index (χ1) is 18.9. The maximum absolute atomic E-state index is 14.6. The van der Waals surface area contributed by atoms with Crippen LogP contribution in [-0.2, 0) is 0 Å². The summed E-state index contributed by atoms with van der Waals surface area (Å²) in [5.74, 6) is -1.31. The Balaban J connectivity index is 1.54. The van der Waals surface area contributed by atoms with E-state index in [0.29, 0.717) is 21.7 Å². The van der Waals surface area contributed by atoms with Crippen molar-refractivity contribution in [2.24, 2.45) is 5.41 Å². The summed E-state index contributed by atoms with van der Waals surface area (Å²) in [5.41, 5.74) is 3.47. The van der Waals surface area contributed by atoms with Gasteiger partial charge in [0.15, 0.2) is 17.3 Å². The number of benzene rings is 4. The van der Waals surface area contributed by atoms with Gasteiger partial charge in [-0.05, 0) is 48.4 Å². The Morgan fingerprint density at radius 3 is 2.08 bits per heavy atom. The quantitative estimate of drug-likeness (QED) is 0.212. The van der Waals surface area contributed by atoms with Gasteiger partial charge in [-0.2, -0.15) is 0 Å². The molecular formula is C34H24ClNO3. The van der Waals surface area contributed by atoms with Gasteiger partial charge in [0.2, 0.25) is 0 Å². The highest BCUT2D eigenvalue weighted by Crippen LogP contribution is 2.60. The molecule has 4 aromatic rings. The molecule has 0 bridgehead atoms. The third-order valence-electron chi connectivity index (χ3n) is 8.55. The normalized spacial score (nSPS) is 22.1. The Hall–Kier alpha value is -4.28. The van der Waals surface area contributed by atoms with Crippen LogP contribution < -0.4 is 4.90 Å². The zero-order chi connectivity index (χ0) is 26.9. The highest BCUT2D eigenvalue weighted by Gasteiger charge is 2.71. The first kappa shape index (κ1) is 23.8. The molecule has 2 aliphatic heterocycles. The predicted octanol–water partition coefficient (Wildman–Crippen LogP) is 6.96. The van der Waals surface area contributed by atoms with Gasteiger partial charge >= 0.3 is 0 Å². The highest BCUT2D eigenvalue weighted by atomic mass is 35.5. The lowest BCUT2D eigenvalue weighted by Gasteiger charge is -2.37. The summed E-state index contributed by atoms with van der Waals surface area (Å²) in [6, 6.07) is 28.2. The number of fused-ring (bicyclic) bond motifs is 5. The van der Waals surface area contributed by atoms with Crippen molar-refractivity contribution in [1.29, 1.82) is 0 Å². The minimum atomic E-state index is -1.49. The van der Waals surface area contributed by atoms with Crippen LogP contribution in [-0.4, -0.2) is 29.4 Å². The van der Waals surface area contributed by atoms with Gasteiger partial charge in [-0.1, -0.05) is 96.0 Å². The predicted molar refractivity (Wildman–Crippen MR) is 153 cm³/mol. The van der Waals surface area contributed by atoms with Gasteiger partial charge in [-0.25, -0.2) is 0 Å². The first-order valence-electron chi connectivity index (χ1n) is 13.0. The second kappa shape index (κ2) is 8.62. The van der Waals surface area contributed by atoms with Crippen molar-refractivity contribution in [3.05, 3.63) is 142 Å². The van der Waals surface area contributed by atoms with E-state index >= 15 is 0 Å². The number of anilines is 1. The summed E-state index contributed by atoms with van der Waals surface area (Å²) in [6.07, 6.45) is 3.92. The van der Waals surface area contributed by atoms with Crippen LogP contribution >= 0.6 is 11.6 Å². The Kier molecular flexibility index (Phi) is 5.26. The van der Waals surface area contributed by atoms with Gasteiger partial charge in [-0.3, -0.25) is 14.4 Å². The minimum Gasteiger partial charge on any atom is -0.352 e. The van der Waals surface area contributed by atoms with E-state index in [0.717, 1.165) is 22.4 Å². The van der Waals surface area contributed by atoms with Crippen LogP contribution in [0, 0.1) is 12.3 Å². The molecule has 3 atom stereocenters. The molecule has 5 heteroatoms. The maximum Gasteiger partial charge on any atom is 0.185 e. The van der Waals surface area contributed by atoms with E-state index in [9.17, 15) is 14.4 Å². The van der Waals surface area contributed by atoms with Crippen molar-refractivity contribution in [2.75, 3.05) is 4.90 Å². The fourth-order valence-corrected chi connectivity index (χ4v) is 6.98. The number of carbonyl (C=O) groups excluding carboxylic acids is 3. The van der Waals surface area contributed by atoms with E-state index in [2.05, 4.69) is 0 Å². The van der Waals surface area contributed by atoms with Gasteiger partial charge in [0.1, 0.15) is 11.5 Å². The summed E-state index contributed by atoms with van der Waals surface area (Å²) in [6.45, 7) is 1.99. The number of Topliss-reactive ketones (excluding diaryl/α,β-unsaturated/α-hetero) is 3. The second-order valence-electron chi connectivity index (χ2n) is 10.5. The third kappa shape index (κ3) is 3.22. The lowest BCUT2D eigenvalue weighted by molar-refractivity contribution is 0.0666. The molecule has 0 N–H and O–H groups in total. The van der Waals surface area contributed by atoms with Gasteiger partial charge in [-0.15, -0.1) is 0 Å². The number of rotatable bonds is 3. The van der Waals surface area contributed by atoms with Crippen LogP contribution in [0.4, 0.5) is 5.69 Å². The zero-order valence-corrected chi connectivity index (χ0v) is 21.9. The van der Waals surface area contributed by atoms with Crippen molar-refractivity contribution >= 4 is 40.7 Å². The van der Waals surface area contributed by atoms with Crippen LogP contribution in [0.3, 0.4) is 0 Å². The maximum atomic E-state index is 14.6. The molecular weight excluding hydrogens is 506 g/mol. The standard InChI is InChI=1S/C34H24ClNO3/c1-20-10-12-22(13-11-20)29-30(31(37)23-14-17-24(35)18-15-23)36-27-9-5-2-6-21(27)16-19-28(36)34(29)32(38)25-7-3-4-8-26(25)33(34)39/h2-19,28-30H,1H3. The summed E-state index contributed by atoms with van der Waals surface area (Å²) in [4.78, 5) is 45.8. The molecule has 4 nitrogen and oxygen atoms in total. The lowest BCUT2D eigenvalue weighted by atomic mass is 9.64. The van der Waals surface area contributed by atoms with Crippen molar-refractivity contribution in [3.63, 3.8) is 0 Å². The van der Waals surface area contributed by atoms with Crippen LogP contribution in [0.15, 0.2) is 103 Å². The number of nitrogens with zero attached hydrogens (tertiary/aromatic N) is 1. The summed E-state index contributed by atoms with van der Waals surface area (Å²) < 4.78 is 0. The monoisotopic (exact) mass is 529 g/mol. The number of para-hydroxylation sites is 1. The lowest BCUT2D eigenvalue weighted by Crippen LogP contribution is -2.48. The summed E-state index contributed by atoms with van der Waals surface area (Å²) >= 11 is 6.16. The number of halogens is 1. The topological polar surface area (TPSA) is 54.5 Å². The molecule has 0 aromatic heterocycles. The van der Waals surface area contributed by atoms with E-state index < -0.39 is 23.4 Å². The largest absolute Gasteiger partial charge is 0.352 e. The average molecular weight is 530 g/mol. The van der Waals surface area contributed by atoms with Crippen molar-refractivity contribution in [3.8, 4) is 0 Å². The molecule has 190 valence electrons. The zero-order valence-electron chi connectivity index (χ0n) is 21.2. The van der Waals surface area contributed by atoms with Gasteiger partial charge < -0.3 is 4.90 Å². The van der Waals surface area contributed by atoms with E-state index in [4.69, 9.17) is 11.6 Å². The molecule has 7 rings (SSSR count). The van der Waals surface area contributed by atoms with Crippen molar-refractivity contribution < 1.29 is 14.4 Å². The van der Waals surface area contributed by atoms with Gasteiger partial charge in [0, 0.05) is 33.3 Å². The molecule has 0 radical (unpaired) electrons. The van der Waals surface area contributed by atoms with Gasteiger partial charge in [0.25, 0.3) is 0 Å². The van der Waals surface area contributed by atoms with E-state index in [1.54, 1.807) is 48.5 Å². The van der Waals surface area contributed by atoms with Gasteiger partial charge in [0.05, 0.1) is 6.04 Å². The molecule has 39 heavy (non-hydrogen) atoms. The number of hydrogen-bond acceptors (Lipinski definition) is 4. The molecule has 4 aromatic carbocycles. The molecule has 1 fully saturated rings. The molecule has 0 amide bonds. The van der Waals surface area contributed by atoms with Crippen LogP contribution in [0.25, 0.3) is 6.08 Å². The van der Waals surface area contributed by atoms with Crippen molar-refractivity contribution in [2.45, 2.75) is 24.9 Å². The molecule has 1 saturated heterocycles. The minimum absolute atomic E-state index is 0.152. The van der Waals surface area contributed by atoms with Crippen LogP contribution in [0.1, 0.15) is 53.7 Å². The molecule has 0 saturated carbocycles. The fraction of sp³-hybridized carbons (Fsp3) is 0.147. The smallest absolute Gasteiger partial charge is 0.185 e. The third-order valence-corrected chi connectivity index (χ3v) is 8.80. The number of hydrogen-bond donors (Lipinski definition) is 0. The summed E-state index contributed by atoms with van der Waals surface area (Å²) in [5, 5.41) is 0.533. The number of carbonyl (C=O) groups is 3. The molecule has 3 aliphatic rings. The SMILES string of the molecule is Cc1ccc(C2C(C(=O)c3ccc(Cl)cc3)N3c4ccccc4C=CC3C23C(=O)c2ccccc2C3=O)cc1. The molecule has 3 unspecified atom stereocenters.